The van der Waals surface area contributed by atoms with Crippen molar-refractivity contribution in [2.45, 2.75) is 13.2 Å². The van der Waals surface area contributed by atoms with Crippen LogP contribution in [-0.4, -0.2) is 18.5 Å². The van der Waals surface area contributed by atoms with Gasteiger partial charge in [0.15, 0.2) is 0 Å². The van der Waals surface area contributed by atoms with Crippen molar-refractivity contribution in [1.29, 1.82) is 0 Å². The summed E-state index contributed by atoms with van der Waals surface area (Å²) in [5.41, 5.74) is 2.15. The highest BCUT2D eigenvalue weighted by Crippen LogP contribution is 2.20. The molecule has 0 aliphatic heterocycles. The second-order valence-corrected chi connectivity index (χ2v) is 6.47. The second-order valence-electron chi connectivity index (χ2n) is 6.47. The molecule has 0 amide bonds. The topological polar surface area (TPSA) is 61.8 Å². The minimum Gasteiger partial charge on any atom is -0.490 e. The van der Waals surface area contributed by atoms with Crippen LogP contribution >= 0.6 is 0 Å². The molecule has 0 aliphatic carbocycles. The maximum atomic E-state index is 12.5. The molecule has 152 valence electrons. The summed E-state index contributed by atoms with van der Waals surface area (Å²) in [4.78, 5) is 25.1. The first-order valence-electron chi connectivity index (χ1n) is 9.46. The first kappa shape index (κ1) is 20.9. The minimum absolute atomic E-state index is 0.130. The van der Waals surface area contributed by atoms with E-state index in [0.717, 1.165) is 11.1 Å². The Morgan fingerprint density at radius 3 is 1.63 bits per heavy atom. The van der Waals surface area contributed by atoms with Crippen molar-refractivity contribution >= 4 is 11.9 Å². The van der Waals surface area contributed by atoms with E-state index in [1.807, 2.05) is 60.7 Å². The van der Waals surface area contributed by atoms with E-state index in [0.29, 0.717) is 5.75 Å². The van der Waals surface area contributed by atoms with Crippen LogP contribution in [0, 0.1) is 0 Å². The average Bonchev–Trinajstić information content (AvgIpc) is 2.80. The van der Waals surface area contributed by atoms with E-state index in [-0.39, 0.29) is 30.9 Å². The van der Waals surface area contributed by atoms with E-state index >= 15 is 0 Å². The van der Waals surface area contributed by atoms with Crippen molar-refractivity contribution in [3.05, 3.63) is 114 Å². The number of benzene rings is 3. The van der Waals surface area contributed by atoms with Crippen LogP contribution in [0.25, 0.3) is 0 Å². The third kappa shape index (κ3) is 6.07. The van der Waals surface area contributed by atoms with E-state index in [1.54, 1.807) is 6.08 Å². The molecule has 0 saturated carbocycles. The number of hydrogen-bond donors (Lipinski definition) is 0. The van der Waals surface area contributed by atoms with E-state index < -0.39 is 11.9 Å². The molecule has 30 heavy (non-hydrogen) atoms. The smallest absolute Gasteiger partial charge is 0.338 e. The molecule has 0 aromatic heterocycles. The monoisotopic (exact) mass is 402 g/mol. The lowest BCUT2D eigenvalue weighted by molar-refractivity contribution is 0.0469. The lowest BCUT2D eigenvalue weighted by Crippen LogP contribution is -2.10. The zero-order chi connectivity index (χ0) is 21.2. The maximum Gasteiger partial charge on any atom is 0.338 e. The fraction of sp³-hybridized carbons (Fsp3) is 0.120. The number of carbonyl (C=O) groups excluding carboxylic acids is 2. The van der Waals surface area contributed by atoms with Gasteiger partial charge in [0.05, 0.1) is 11.1 Å². The quantitative estimate of drug-likeness (QED) is 0.374. The third-order valence-corrected chi connectivity index (χ3v) is 4.17. The molecule has 0 N–H and O–H groups in total. The molecule has 0 unspecified atom stereocenters. The fourth-order valence-corrected chi connectivity index (χ4v) is 2.69. The molecular formula is C25H22O5. The Morgan fingerprint density at radius 1 is 0.733 bits per heavy atom. The molecule has 5 nitrogen and oxygen atoms in total. The van der Waals surface area contributed by atoms with Crippen molar-refractivity contribution in [2.24, 2.45) is 0 Å². The number of carbonyl (C=O) groups is 2. The molecule has 3 aromatic rings. The normalized spacial score (nSPS) is 10.1. The van der Waals surface area contributed by atoms with Crippen molar-refractivity contribution < 1.29 is 23.8 Å². The van der Waals surface area contributed by atoms with Crippen LogP contribution in [0.5, 0.6) is 5.75 Å². The molecule has 0 atom stereocenters. The summed E-state index contributed by atoms with van der Waals surface area (Å²) in [6.45, 7) is 4.11. The van der Waals surface area contributed by atoms with Crippen LogP contribution in [0.4, 0.5) is 0 Å². The Balaban J connectivity index is 1.74. The molecule has 5 heteroatoms. The van der Waals surface area contributed by atoms with Crippen molar-refractivity contribution in [3.8, 4) is 5.75 Å². The van der Waals surface area contributed by atoms with Gasteiger partial charge in [0.1, 0.15) is 25.6 Å². The van der Waals surface area contributed by atoms with E-state index in [1.165, 1.54) is 18.2 Å². The first-order valence-corrected chi connectivity index (χ1v) is 9.46. The van der Waals surface area contributed by atoms with E-state index in [9.17, 15) is 9.59 Å². The van der Waals surface area contributed by atoms with Gasteiger partial charge < -0.3 is 14.2 Å². The van der Waals surface area contributed by atoms with Crippen LogP contribution in [0.3, 0.4) is 0 Å². The van der Waals surface area contributed by atoms with Gasteiger partial charge in [-0.15, -0.1) is 0 Å². The van der Waals surface area contributed by atoms with Gasteiger partial charge in [0.25, 0.3) is 0 Å². The van der Waals surface area contributed by atoms with Crippen molar-refractivity contribution in [3.63, 3.8) is 0 Å². The molecule has 0 bridgehead atoms. The maximum absolute atomic E-state index is 12.5. The largest absolute Gasteiger partial charge is 0.490 e. The summed E-state index contributed by atoms with van der Waals surface area (Å²) in [7, 11) is 0. The molecule has 0 heterocycles. The van der Waals surface area contributed by atoms with E-state index in [4.69, 9.17) is 14.2 Å². The Labute approximate surface area is 175 Å². The zero-order valence-electron chi connectivity index (χ0n) is 16.5. The van der Waals surface area contributed by atoms with Crippen LogP contribution in [-0.2, 0) is 22.7 Å². The van der Waals surface area contributed by atoms with Crippen LogP contribution in [0.1, 0.15) is 31.8 Å². The summed E-state index contributed by atoms with van der Waals surface area (Å²) in [6, 6.07) is 23.2. The molecule has 0 aliphatic rings. The van der Waals surface area contributed by atoms with Crippen LogP contribution in [0.2, 0.25) is 0 Å². The Morgan fingerprint density at radius 2 is 1.20 bits per heavy atom. The highest BCUT2D eigenvalue weighted by Gasteiger charge is 2.16. The van der Waals surface area contributed by atoms with Gasteiger partial charge in [-0.05, 0) is 29.3 Å². The van der Waals surface area contributed by atoms with Gasteiger partial charge in [0, 0.05) is 0 Å². The van der Waals surface area contributed by atoms with Gasteiger partial charge in [-0.2, -0.15) is 0 Å². The number of ether oxygens (including phenoxy) is 3. The van der Waals surface area contributed by atoms with Crippen molar-refractivity contribution in [2.75, 3.05) is 6.61 Å². The number of rotatable bonds is 9. The SMILES string of the molecule is C=CCOc1cc(C(=O)OCc2ccccc2)cc(C(=O)OCc2ccccc2)c1. The number of esters is 2. The zero-order valence-corrected chi connectivity index (χ0v) is 16.5. The first-order chi connectivity index (χ1) is 14.7. The highest BCUT2D eigenvalue weighted by atomic mass is 16.5. The lowest BCUT2D eigenvalue weighted by atomic mass is 10.1. The summed E-state index contributed by atoms with van der Waals surface area (Å²) in [6.07, 6.45) is 1.58. The Hall–Kier alpha value is -3.86. The summed E-state index contributed by atoms with van der Waals surface area (Å²) in [5.74, 6) is -0.754. The molecular weight excluding hydrogens is 380 g/mol. The number of hydrogen-bond acceptors (Lipinski definition) is 5. The van der Waals surface area contributed by atoms with Crippen LogP contribution < -0.4 is 4.74 Å². The molecule has 0 radical (unpaired) electrons. The molecule has 0 fully saturated rings. The highest BCUT2D eigenvalue weighted by molar-refractivity contribution is 5.96. The van der Waals surface area contributed by atoms with Gasteiger partial charge in [-0.25, -0.2) is 9.59 Å². The summed E-state index contributed by atoms with van der Waals surface area (Å²) < 4.78 is 16.3. The van der Waals surface area contributed by atoms with Gasteiger partial charge in [0.2, 0.25) is 0 Å². The summed E-state index contributed by atoms with van der Waals surface area (Å²) >= 11 is 0. The molecule has 3 aromatic carbocycles. The van der Waals surface area contributed by atoms with Gasteiger partial charge in [-0.3, -0.25) is 0 Å². The van der Waals surface area contributed by atoms with Gasteiger partial charge in [-0.1, -0.05) is 73.3 Å². The molecule has 0 saturated heterocycles. The predicted octanol–water partition coefficient (Wildman–Crippen LogP) is 4.97. The molecule has 0 spiro atoms. The Kier molecular flexibility index (Phi) is 7.39. The summed E-state index contributed by atoms with van der Waals surface area (Å²) in [5, 5.41) is 0. The van der Waals surface area contributed by atoms with Gasteiger partial charge >= 0.3 is 11.9 Å². The lowest BCUT2D eigenvalue weighted by Gasteiger charge is -2.11. The third-order valence-electron chi connectivity index (χ3n) is 4.17. The minimum atomic E-state index is -0.556. The Bertz CT molecular complexity index is 923. The standard InChI is InChI=1S/C25H22O5/c1-2-13-28-23-15-21(24(26)29-17-19-9-5-3-6-10-19)14-22(16-23)25(27)30-18-20-11-7-4-8-12-20/h2-12,14-16H,1,13,17-18H2. The molecule has 3 rings (SSSR count). The van der Waals surface area contributed by atoms with E-state index in [2.05, 4.69) is 6.58 Å². The van der Waals surface area contributed by atoms with Crippen molar-refractivity contribution in [1.82, 2.24) is 0 Å². The fourth-order valence-electron chi connectivity index (χ4n) is 2.69. The predicted molar refractivity (Wildman–Crippen MR) is 113 cm³/mol. The van der Waals surface area contributed by atoms with Crippen LogP contribution in [0.15, 0.2) is 91.5 Å². The second kappa shape index (κ2) is 10.6. The average molecular weight is 402 g/mol.